The summed E-state index contributed by atoms with van der Waals surface area (Å²) in [7, 11) is 9.75. The van der Waals surface area contributed by atoms with Gasteiger partial charge in [0, 0.05) is 0 Å². The summed E-state index contributed by atoms with van der Waals surface area (Å²) in [6.07, 6.45) is 0. The third kappa shape index (κ3) is 15.1. The smallest absolute Gasteiger partial charge is 0.693 e. The van der Waals surface area contributed by atoms with Crippen LogP contribution in [0.2, 0.25) is 0 Å². The second kappa shape index (κ2) is 18.4. The molecular formula is C7H10Cl2N3O5Pt-. The van der Waals surface area contributed by atoms with E-state index >= 15 is 0 Å². The van der Waals surface area contributed by atoms with Crippen molar-refractivity contribution in [1.29, 1.82) is 0 Å². The van der Waals surface area contributed by atoms with Crippen LogP contribution in [0.3, 0.4) is 0 Å². The minimum Gasteiger partial charge on any atom is -0.693 e. The van der Waals surface area contributed by atoms with Gasteiger partial charge < -0.3 is 32.6 Å². The standard InChI is InChI=1S/C7H6O3.2ClH.HNO2.2H2N.Pt/c8-6-4-2-1-3-5(6)7(9)10;;;2-1-3;;;/h1-4,8H,(H,9,10);2*1H;(H,2,3);2*1H2;/q;;;;2*-1;+4/p-3. The van der Waals surface area contributed by atoms with E-state index in [1.54, 1.807) is 12.1 Å². The number of hydrogen-bond donors (Lipinski definition) is 2. The van der Waals surface area contributed by atoms with E-state index in [0.29, 0.717) is 0 Å². The summed E-state index contributed by atoms with van der Waals surface area (Å²) in [5, 5.41) is 26.3. The first kappa shape index (κ1) is 25.8. The molecule has 0 aliphatic heterocycles. The molecule has 108 valence electrons. The number of halogens is 2. The number of carboxylic acid groups (broad SMARTS) is 1. The molecule has 0 radical (unpaired) electrons. The van der Waals surface area contributed by atoms with Crippen molar-refractivity contribution in [1.82, 2.24) is 0 Å². The van der Waals surface area contributed by atoms with Gasteiger partial charge in [0.05, 0.1) is 0 Å². The van der Waals surface area contributed by atoms with E-state index in [9.17, 15) is 4.79 Å². The largest absolute Gasteiger partial charge is 0.693 e. The average Bonchev–Trinajstić information content (AvgIpc) is 2.20. The normalized spacial score (nSPS) is 7.00. The van der Waals surface area contributed by atoms with Gasteiger partial charge in [-0.25, -0.2) is 4.79 Å². The summed E-state index contributed by atoms with van der Waals surface area (Å²) < 4.78 is 0. The van der Waals surface area contributed by atoms with Crippen molar-refractivity contribution in [3.63, 3.8) is 0 Å². The van der Waals surface area contributed by atoms with Gasteiger partial charge in [-0.2, -0.15) is 0 Å². The molecule has 18 heavy (non-hydrogen) atoms. The zero-order chi connectivity index (χ0) is 13.0. The Hall–Kier alpha value is -0.922. The van der Waals surface area contributed by atoms with E-state index < -0.39 is 22.5 Å². The number of nitrogens with two attached hydrogens (primary N) is 2. The van der Waals surface area contributed by atoms with Gasteiger partial charge in [0.25, 0.3) is 0 Å². The van der Waals surface area contributed by atoms with Gasteiger partial charge in [-0.05, 0) is 12.1 Å². The molecule has 1 aromatic rings. The molecular weight excluding hydrogens is 472 g/mol. The van der Waals surface area contributed by atoms with Crippen molar-refractivity contribution >= 4 is 24.8 Å². The molecule has 0 saturated carbocycles. The van der Waals surface area contributed by atoms with Crippen LogP contribution in [-0.2, 0) is 16.5 Å². The third-order valence-electron chi connectivity index (χ3n) is 1.13. The van der Waals surface area contributed by atoms with E-state index in [1.165, 1.54) is 12.1 Å². The summed E-state index contributed by atoms with van der Waals surface area (Å²) in [5.74, 6) is -1.31. The minimum absolute atomic E-state index is 0. The number of rotatable bonds is 1. The van der Waals surface area contributed by atoms with Gasteiger partial charge in [-0.15, -0.1) is 5.34 Å². The van der Waals surface area contributed by atoms with Crippen LogP contribution in [0, 0.1) is 10.1 Å². The second-order valence-corrected chi connectivity index (χ2v) is 5.22. The predicted molar refractivity (Wildman–Crippen MR) is 66.5 cm³/mol. The van der Waals surface area contributed by atoms with Gasteiger partial charge in [-0.3, -0.25) is 0 Å². The quantitative estimate of drug-likeness (QED) is 0.450. The Bertz CT molecular complexity index is 332. The van der Waals surface area contributed by atoms with Gasteiger partial charge in [-0.1, -0.05) is 12.1 Å². The van der Waals surface area contributed by atoms with Gasteiger partial charge in [0.1, 0.15) is 11.3 Å². The first-order valence-corrected chi connectivity index (χ1v) is 8.96. The van der Waals surface area contributed by atoms with Crippen LogP contribution in [-0.4, -0.2) is 16.2 Å². The van der Waals surface area contributed by atoms with Crippen molar-refractivity contribution in [3.8, 4) is 5.75 Å². The fourth-order valence-electron chi connectivity index (χ4n) is 0.654. The summed E-state index contributed by atoms with van der Waals surface area (Å²) in [6, 6.07) is 5.81. The number of aromatic hydroxyl groups is 1. The molecule has 1 rings (SSSR count). The molecule has 0 fully saturated rings. The fourth-order valence-corrected chi connectivity index (χ4v) is 0.654. The van der Waals surface area contributed by atoms with Crippen molar-refractivity contribution in [2.45, 2.75) is 0 Å². The minimum atomic E-state index is -1.11. The Kier molecular flexibility index (Phi) is 26.4. The maximum Gasteiger partial charge on any atom is -0.693 e. The first-order chi connectivity index (χ1) is 7.54. The van der Waals surface area contributed by atoms with Crippen molar-refractivity contribution in [2.24, 2.45) is 5.34 Å². The fraction of sp³-hybridized carbons (Fsp3) is 0. The zero-order valence-electron chi connectivity index (χ0n) is 8.60. The Morgan fingerprint density at radius 1 is 1.28 bits per heavy atom. The molecule has 0 aromatic heterocycles. The number of phenols is 1. The molecule has 0 amide bonds. The first-order valence-electron chi connectivity index (χ1n) is 3.33. The molecule has 0 atom stereocenters. The summed E-state index contributed by atoms with van der Waals surface area (Å²) >= 11 is -0.472. The Morgan fingerprint density at radius 2 is 1.61 bits per heavy atom. The Labute approximate surface area is 119 Å². The maximum absolute atomic E-state index is 10.3. The molecule has 1 aromatic carbocycles. The summed E-state index contributed by atoms with van der Waals surface area (Å²) in [5.41, 5.74) is -0.0671. The molecule has 11 heteroatoms. The molecule has 0 heterocycles. The average molecular weight is 482 g/mol. The van der Waals surface area contributed by atoms with Crippen LogP contribution in [0.4, 0.5) is 0 Å². The van der Waals surface area contributed by atoms with Gasteiger partial charge >= 0.3 is 41.3 Å². The van der Waals surface area contributed by atoms with Gasteiger partial charge in [0.2, 0.25) is 0 Å². The summed E-state index contributed by atoms with van der Waals surface area (Å²) in [4.78, 5) is 18.3. The monoisotopic (exact) mass is 481 g/mol. The second-order valence-electron chi connectivity index (χ2n) is 1.94. The maximum atomic E-state index is 10.3. The Morgan fingerprint density at radius 3 is 1.83 bits per heavy atom. The van der Waals surface area contributed by atoms with Crippen molar-refractivity contribution in [3.05, 3.63) is 52.2 Å². The molecule has 0 saturated heterocycles. The van der Waals surface area contributed by atoms with Crippen molar-refractivity contribution in [2.75, 3.05) is 0 Å². The topological polar surface area (TPSA) is 177 Å². The van der Waals surface area contributed by atoms with Crippen LogP contribution in [0.5, 0.6) is 5.75 Å². The number of aromatic carboxylic acids is 1. The molecule has 6 N–H and O–H groups in total. The number of benzene rings is 1. The van der Waals surface area contributed by atoms with Crippen LogP contribution in [0.1, 0.15) is 10.4 Å². The predicted octanol–water partition coefficient (Wildman–Crippen LogP) is 4.15. The van der Waals surface area contributed by atoms with E-state index in [-0.39, 0.29) is 23.6 Å². The number of hydrogen-bond acceptors (Lipinski definition) is 5. The molecule has 0 aliphatic rings. The zero-order valence-corrected chi connectivity index (χ0v) is 12.4. The number of carboxylic acids is 1. The van der Waals surface area contributed by atoms with E-state index in [4.69, 9.17) is 39.2 Å². The molecule has 0 bridgehead atoms. The van der Waals surface area contributed by atoms with Crippen molar-refractivity contribution < 1.29 is 31.5 Å². The number of nitrogens with zero attached hydrogens (tertiary/aromatic N) is 1. The molecule has 0 unspecified atom stereocenters. The van der Waals surface area contributed by atoms with Crippen LogP contribution >= 0.6 is 18.8 Å². The molecule has 0 spiro atoms. The Balaban J connectivity index is -0.000000106. The summed E-state index contributed by atoms with van der Waals surface area (Å²) in [6.45, 7) is 0. The number of carbonyl (C=O) groups is 1. The third-order valence-corrected chi connectivity index (χ3v) is 1.13. The molecule has 0 aliphatic carbocycles. The van der Waals surface area contributed by atoms with Crippen LogP contribution < -0.4 is 0 Å². The van der Waals surface area contributed by atoms with Gasteiger partial charge in [0.15, 0.2) is 0 Å². The van der Waals surface area contributed by atoms with E-state index in [1.807, 2.05) is 0 Å². The van der Waals surface area contributed by atoms with Crippen LogP contribution in [0.25, 0.3) is 12.3 Å². The van der Waals surface area contributed by atoms with Crippen LogP contribution in [0.15, 0.2) is 29.6 Å². The van der Waals surface area contributed by atoms with E-state index in [0.717, 1.165) is 5.34 Å². The van der Waals surface area contributed by atoms with E-state index in [2.05, 4.69) is 0 Å². The SMILES string of the molecule is O=C(O)c1ccccc1O.O=N[O-].[Cl][Pt+2][Cl].[NH2-].[NH2-]. The number of para-hydroxylation sites is 1. The molecule has 8 nitrogen and oxygen atoms in total.